The van der Waals surface area contributed by atoms with Crippen LogP contribution < -0.4 is 15.0 Å². The number of para-hydroxylation sites is 2. The Hall–Kier alpha value is -8.24. The molecule has 0 bridgehead atoms. The van der Waals surface area contributed by atoms with E-state index in [2.05, 4.69) is 279 Å². The quantitative estimate of drug-likeness (QED) is 0.147. The highest BCUT2D eigenvalue weighted by Gasteiger charge is 2.63. The number of allylic oxidation sites excluding steroid dienone is 2. The minimum absolute atomic E-state index is 0.623. The van der Waals surface area contributed by atoms with E-state index in [1.807, 2.05) is 0 Å². The van der Waals surface area contributed by atoms with Crippen molar-refractivity contribution in [2.75, 3.05) is 9.80 Å². The van der Waals surface area contributed by atoms with Crippen molar-refractivity contribution >= 4 is 58.5 Å². The third-order valence-corrected chi connectivity index (χ3v) is 18.2. The minimum Gasteiger partial charge on any atom is -0.310 e. The summed E-state index contributed by atoms with van der Waals surface area (Å²) in [6, 6.07) is 92.1. The maximum atomic E-state index is 2.56. The van der Waals surface area contributed by atoms with Crippen molar-refractivity contribution in [1.82, 2.24) is 0 Å². The minimum atomic E-state index is -1.54. The van der Waals surface area contributed by atoms with Crippen molar-refractivity contribution in [3.05, 3.63) is 293 Å². The Morgan fingerprint density at radius 2 is 0.592 bits per heavy atom. The van der Waals surface area contributed by atoms with Crippen LogP contribution in [0.15, 0.2) is 243 Å². The molecule has 14 rings (SSSR count). The lowest BCUT2D eigenvalue weighted by molar-refractivity contribution is 0.826. The number of rotatable bonds is 7. The number of benzene rings is 10. The topological polar surface area (TPSA) is 6.48 Å². The normalized spacial score (nSPS) is 14.6. The zero-order valence-corrected chi connectivity index (χ0v) is 41.5. The molecule has 2 spiro atoms. The average molecular weight is 925 g/mol. The van der Waals surface area contributed by atoms with E-state index in [9.17, 15) is 0 Å². The lowest BCUT2D eigenvalue weighted by atomic mass is 9.66. The van der Waals surface area contributed by atoms with E-state index in [0.717, 1.165) is 34.1 Å². The summed E-state index contributed by atoms with van der Waals surface area (Å²) in [7, 11) is -1.54. The fourth-order valence-electron chi connectivity index (χ4n) is 13.2. The van der Waals surface area contributed by atoms with E-state index in [1.54, 1.807) is 0 Å². The van der Waals surface area contributed by atoms with Crippen LogP contribution in [-0.2, 0) is 10.8 Å². The number of hydrogen-bond acceptors (Lipinski definition) is 2. The second-order valence-corrected chi connectivity index (χ2v) is 25.9. The lowest BCUT2D eigenvalue weighted by Crippen LogP contribution is -2.37. The lowest BCUT2D eigenvalue weighted by Gasteiger charge is -2.36. The highest BCUT2D eigenvalue weighted by atomic mass is 28.3. The smallest absolute Gasteiger partial charge is 0.0775 e. The molecule has 4 aliphatic carbocycles. The molecule has 2 nitrogen and oxygen atoms in total. The summed E-state index contributed by atoms with van der Waals surface area (Å²) in [5.41, 5.74) is 25.4. The van der Waals surface area contributed by atoms with Crippen LogP contribution in [0.3, 0.4) is 0 Å². The Kier molecular flexibility index (Phi) is 9.03. The summed E-state index contributed by atoms with van der Waals surface area (Å²) < 4.78 is 0. The number of aryl methyl sites for hydroxylation is 1. The Morgan fingerprint density at radius 1 is 0.282 bits per heavy atom. The van der Waals surface area contributed by atoms with Gasteiger partial charge in [-0.1, -0.05) is 200 Å². The molecular formula is C68H52N2Si. The van der Waals surface area contributed by atoms with E-state index < -0.39 is 18.9 Å². The molecule has 0 heterocycles. The second-order valence-electron chi connectivity index (χ2n) is 20.9. The average Bonchev–Trinajstić information content (AvgIpc) is 4.09. The van der Waals surface area contributed by atoms with Gasteiger partial charge < -0.3 is 9.80 Å². The zero-order chi connectivity index (χ0) is 47.6. The molecule has 71 heavy (non-hydrogen) atoms. The number of fused-ring (bicyclic) bond motifs is 18. The molecule has 0 aromatic heterocycles. The van der Waals surface area contributed by atoms with Crippen molar-refractivity contribution in [2.45, 2.75) is 37.4 Å². The molecule has 3 heteroatoms. The molecule has 0 atom stereocenters. The maximum absolute atomic E-state index is 2.56. The first-order valence-corrected chi connectivity index (χ1v) is 28.6. The molecule has 0 saturated heterocycles. The SMILES string of the molecule is Cc1ccc(N(c2ccccc2)c2ccc3c(c2)C2(C4=C3C3(c5cc(N(c6ccccc6)c6ccc([Si](C)(C)C)cc6)ccc54)c4ccccc4-c4ccccc43)c3ccccc3-c3ccccc32)cc1. The first-order valence-electron chi connectivity index (χ1n) is 25.1. The van der Waals surface area contributed by atoms with E-state index in [4.69, 9.17) is 0 Å². The molecule has 10 aromatic carbocycles. The van der Waals surface area contributed by atoms with Gasteiger partial charge in [-0.25, -0.2) is 0 Å². The number of anilines is 6. The van der Waals surface area contributed by atoms with Gasteiger partial charge in [0.1, 0.15) is 0 Å². The fourth-order valence-corrected chi connectivity index (χ4v) is 14.3. The third-order valence-electron chi connectivity index (χ3n) is 16.1. The zero-order valence-electron chi connectivity index (χ0n) is 40.5. The van der Waals surface area contributed by atoms with Crippen LogP contribution >= 0.6 is 0 Å². The van der Waals surface area contributed by atoms with Crippen LogP contribution in [-0.4, -0.2) is 8.07 Å². The van der Waals surface area contributed by atoms with E-state index in [0.29, 0.717) is 0 Å². The van der Waals surface area contributed by atoms with E-state index in [1.165, 1.54) is 88.7 Å². The van der Waals surface area contributed by atoms with Gasteiger partial charge in [-0.05, 0) is 158 Å². The van der Waals surface area contributed by atoms with Crippen LogP contribution in [0, 0.1) is 6.92 Å². The second kappa shape index (κ2) is 15.4. The molecule has 0 amide bonds. The number of hydrogen-bond donors (Lipinski definition) is 0. The summed E-state index contributed by atoms with van der Waals surface area (Å²) in [5.74, 6) is 0. The Labute approximate surface area is 418 Å². The van der Waals surface area contributed by atoms with Gasteiger partial charge in [0, 0.05) is 34.1 Å². The predicted molar refractivity (Wildman–Crippen MR) is 300 cm³/mol. The molecule has 4 aliphatic rings. The molecule has 0 fully saturated rings. The molecular weight excluding hydrogens is 873 g/mol. The van der Waals surface area contributed by atoms with E-state index >= 15 is 0 Å². The maximum Gasteiger partial charge on any atom is 0.0775 e. The van der Waals surface area contributed by atoms with Gasteiger partial charge in [-0.2, -0.15) is 0 Å². The molecule has 0 radical (unpaired) electrons. The monoisotopic (exact) mass is 924 g/mol. The van der Waals surface area contributed by atoms with Crippen LogP contribution in [0.2, 0.25) is 19.6 Å². The van der Waals surface area contributed by atoms with Crippen LogP contribution in [0.1, 0.15) is 50.1 Å². The Balaban J connectivity index is 1.10. The van der Waals surface area contributed by atoms with Crippen molar-refractivity contribution in [1.29, 1.82) is 0 Å². The standard InChI is InChI=1S/C68H52N2Si/c1-45-31-33-48(34-32-45)69(46-19-7-5-8-20-46)50-37-41-57-63(43-50)67(59-27-15-11-23-53(59)54-24-12-16-28-60(54)67)66-58-42-38-51(70(47-21-9-6-10-22-47)49-35-39-52(40-36-49)71(2,3)4)44-64(58)68(65(57)66)61-29-17-13-25-55(61)56-26-14-18-30-62(56)68/h5-44H,1-4H3. The molecule has 0 saturated carbocycles. The molecule has 338 valence electrons. The van der Waals surface area contributed by atoms with Gasteiger partial charge in [0.2, 0.25) is 0 Å². The van der Waals surface area contributed by atoms with Crippen LogP contribution in [0.5, 0.6) is 0 Å². The molecule has 0 aliphatic heterocycles. The van der Waals surface area contributed by atoms with Crippen molar-refractivity contribution in [2.24, 2.45) is 0 Å². The Bertz CT molecular complexity index is 3710. The summed E-state index contributed by atoms with van der Waals surface area (Å²) in [5, 5.41) is 1.46. The van der Waals surface area contributed by atoms with Crippen LogP contribution in [0.4, 0.5) is 34.1 Å². The summed E-state index contributed by atoms with van der Waals surface area (Å²) in [6.07, 6.45) is 0. The number of nitrogens with zero attached hydrogens (tertiary/aromatic N) is 2. The first kappa shape index (κ1) is 41.7. The van der Waals surface area contributed by atoms with E-state index in [-0.39, 0.29) is 0 Å². The summed E-state index contributed by atoms with van der Waals surface area (Å²) in [6.45, 7) is 9.45. The predicted octanol–water partition coefficient (Wildman–Crippen LogP) is 17.0. The van der Waals surface area contributed by atoms with Gasteiger partial charge in [0.25, 0.3) is 0 Å². The van der Waals surface area contributed by atoms with Crippen molar-refractivity contribution in [3.8, 4) is 22.3 Å². The summed E-state index contributed by atoms with van der Waals surface area (Å²) in [4.78, 5) is 4.91. The Morgan fingerprint density at radius 3 is 0.958 bits per heavy atom. The van der Waals surface area contributed by atoms with Gasteiger partial charge >= 0.3 is 0 Å². The van der Waals surface area contributed by atoms with Crippen molar-refractivity contribution < 1.29 is 0 Å². The van der Waals surface area contributed by atoms with Gasteiger partial charge in [0.15, 0.2) is 0 Å². The third kappa shape index (κ3) is 5.75. The molecule has 0 unspecified atom stereocenters. The summed E-state index contributed by atoms with van der Waals surface area (Å²) >= 11 is 0. The highest BCUT2D eigenvalue weighted by molar-refractivity contribution is 6.88. The molecule has 10 aromatic rings. The van der Waals surface area contributed by atoms with Crippen LogP contribution in [0.25, 0.3) is 33.4 Å². The largest absolute Gasteiger partial charge is 0.310 e. The van der Waals surface area contributed by atoms with Gasteiger partial charge in [-0.3, -0.25) is 0 Å². The fraction of sp³-hybridized carbons (Fsp3) is 0.0882. The molecule has 0 N–H and O–H groups in total. The van der Waals surface area contributed by atoms with Gasteiger partial charge in [0.05, 0.1) is 18.9 Å². The first-order chi connectivity index (χ1) is 34.8. The van der Waals surface area contributed by atoms with Gasteiger partial charge in [-0.15, -0.1) is 0 Å². The highest BCUT2D eigenvalue weighted by Crippen LogP contribution is 2.75. The van der Waals surface area contributed by atoms with Crippen molar-refractivity contribution in [3.63, 3.8) is 0 Å².